The van der Waals surface area contributed by atoms with Crippen molar-refractivity contribution in [3.05, 3.63) is 58.9 Å². The van der Waals surface area contributed by atoms with Gasteiger partial charge in [0, 0.05) is 21.4 Å². The number of hydrogen-bond donors (Lipinski definition) is 1. The molecule has 0 unspecified atom stereocenters. The Morgan fingerprint density at radius 3 is 2.58 bits per heavy atom. The van der Waals surface area contributed by atoms with Crippen molar-refractivity contribution < 1.29 is 4.39 Å². The summed E-state index contributed by atoms with van der Waals surface area (Å²) >= 11 is 7.48. The summed E-state index contributed by atoms with van der Waals surface area (Å²) in [6.45, 7) is 3.57. The first-order valence-corrected chi connectivity index (χ1v) is 7.31. The molecule has 0 aliphatic rings. The van der Waals surface area contributed by atoms with Gasteiger partial charge in [-0.2, -0.15) is 0 Å². The Kier molecular flexibility index (Phi) is 5.25. The van der Waals surface area contributed by atoms with Crippen LogP contribution in [-0.2, 0) is 6.54 Å². The van der Waals surface area contributed by atoms with E-state index >= 15 is 0 Å². The standard InChI is InChI=1S/C15H15ClFNS/c1-2-18-10-11-9-13(17)5-8-15(11)19-14-6-3-12(16)4-7-14/h3-9,18H,2,10H2,1H3. The minimum Gasteiger partial charge on any atom is -0.313 e. The minimum atomic E-state index is -0.201. The Morgan fingerprint density at radius 1 is 1.16 bits per heavy atom. The van der Waals surface area contributed by atoms with Crippen LogP contribution in [0.15, 0.2) is 52.3 Å². The first kappa shape index (κ1) is 14.4. The first-order chi connectivity index (χ1) is 9.19. The molecular formula is C15H15ClFNS. The summed E-state index contributed by atoms with van der Waals surface area (Å²) in [5, 5.41) is 3.94. The minimum absolute atomic E-state index is 0.201. The largest absolute Gasteiger partial charge is 0.313 e. The van der Waals surface area contributed by atoms with Crippen LogP contribution in [0.25, 0.3) is 0 Å². The van der Waals surface area contributed by atoms with E-state index in [-0.39, 0.29) is 5.82 Å². The van der Waals surface area contributed by atoms with Gasteiger partial charge in [-0.3, -0.25) is 0 Å². The predicted molar refractivity (Wildman–Crippen MR) is 79.4 cm³/mol. The molecule has 2 aromatic rings. The molecule has 2 rings (SSSR count). The Labute approximate surface area is 122 Å². The molecule has 1 N–H and O–H groups in total. The van der Waals surface area contributed by atoms with Gasteiger partial charge in [0.2, 0.25) is 0 Å². The molecule has 0 saturated heterocycles. The van der Waals surface area contributed by atoms with Gasteiger partial charge in [0.05, 0.1) is 0 Å². The molecule has 1 nitrogen and oxygen atoms in total. The fourth-order valence-corrected chi connectivity index (χ4v) is 2.73. The van der Waals surface area contributed by atoms with E-state index in [0.717, 1.165) is 26.9 Å². The van der Waals surface area contributed by atoms with Crippen LogP contribution < -0.4 is 5.32 Å². The topological polar surface area (TPSA) is 12.0 Å². The highest BCUT2D eigenvalue weighted by Gasteiger charge is 2.06. The molecule has 0 radical (unpaired) electrons. The highest BCUT2D eigenvalue weighted by atomic mass is 35.5. The van der Waals surface area contributed by atoms with E-state index in [9.17, 15) is 4.39 Å². The molecule has 0 spiro atoms. The number of halogens is 2. The van der Waals surface area contributed by atoms with Gasteiger partial charge in [0.15, 0.2) is 0 Å². The normalized spacial score (nSPS) is 10.7. The lowest BCUT2D eigenvalue weighted by molar-refractivity contribution is 0.619. The molecular weight excluding hydrogens is 281 g/mol. The molecule has 0 saturated carbocycles. The molecule has 0 aliphatic heterocycles. The molecule has 0 aliphatic carbocycles. The van der Waals surface area contributed by atoms with E-state index < -0.39 is 0 Å². The Hall–Kier alpha value is -1.03. The number of benzene rings is 2. The zero-order chi connectivity index (χ0) is 13.7. The van der Waals surface area contributed by atoms with Crippen molar-refractivity contribution in [3.8, 4) is 0 Å². The van der Waals surface area contributed by atoms with Crippen LogP contribution in [0.2, 0.25) is 5.02 Å². The fraction of sp³-hybridized carbons (Fsp3) is 0.200. The summed E-state index contributed by atoms with van der Waals surface area (Å²) in [7, 11) is 0. The molecule has 4 heteroatoms. The number of rotatable bonds is 5. The molecule has 2 aromatic carbocycles. The van der Waals surface area contributed by atoms with Crippen molar-refractivity contribution in [3.63, 3.8) is 0 Å². The van der Waals surface area contributed by atoms with Crippen molar-refractivity contribution in [1.29, 1.82) is 0 Å². The molecule has 0 bridgehead atoms. The zero-order valence-corrected chi connectivity index (χ0v) is 12.2. The molecule has 100 valence electrons. The van der Waals surface area contributed by atoms with E-state index in [4.69, 9.17) is 11.6 Å². The molecule has 0 fully saturated rings. The smallest absolute Gasteiger partial charge is 0.123 e. The van der Waals surface area contributed by atoms with Gasteiger partial charge in [-0.15, -0.1) is 0 Å². The van der Waals surface area contributed by atoms with Crippen LogP contribution in [-0.4, -0.2) is 6.54 Å². The van der Waals surface area contributed by atoms with E-state index in [1.165, 1.54) is 6.07 Å². The SMILES string of the molecule is CCNCc1cc(F)ccc1Sc1ccc(Cl)cc1. The molecule has 0 atom stereocenters. The third kappa shape index (κ3) is 4.23. The van der Waals surface area contributed by atoms with Crippen molar-refractivity contribution in [1.82, 2.24) is 5.32 Å². The maximum absolute atomic E-state index is 13.3. The van der Waals surface area contributed by atoms with Crippen LogP contribution in [0.4, 0.5) is 4.39 Å². The monoisotopic (exact) mass is 295 g/mol. The maximum atomic E-state index is 13.3. The van der Waals surface area contributed by atoms with Gasteiger partial charge in [-0.25, -0.2) is 4.39 Å². The lowest BCUT2D eigenvalue weighted by Crippen LogP contribution is -2.12. The summed E-state index contributed by atoms with van der Waals surface area (Å²) in [5.41, 5.74) is 0.974. The van der Waals surface area contributed by atoms with Gasteiger partial charge in [-0.1, -0.05) is 30.3 Å². The Balaban J connectivity index is 2.20. The third-order valence-corrected chi connectivity index (χ3v) is 4.01. The van der Waals surface area contributed by atoms with Crippen molar-refractivity contribution in [2.45, 2.75) is 23.3 Å². The van der Waals surface area contributed by atoms with Gasteiger partial charge in [-0.05, 0) is 54.6 Å². The quantitative estimate of drug-likeness (QED) is 0.855. The van der Waals surface area contributed by atoms with Crippen LogP contribution in [0.3, 0.4) is 0 Å². The van der Waals surface area contributed by atoms with Crippen molar-refractivity contribution in [2.75, 3.05) is 6.54 Å². The molecule has 0 amide bonds. The third-order valence-electron chi connectivity index (χ3n) is 2.63. The summed E-state index contributed by atoms with van der Waals surface area (Å²) < 4.78 is 13.3. The van der Waals surface area contributed by atoms with Crippen LogP contribution in [0.5, 0.6) is 0 Å². The highest BCUT2D eigenvalue weighted by Crippen LogP contribution is 2.31. The molecule has 19 heavy (non-hydrogen) atoms. The van der Waals surface area contributed by atoms with Gasteiger partial charge < -0.3 is 5.32 Å². The van der Waals surface area contributed by atoms with Gasteiger partial charge in [0.1, 0.15) is 5.82 Å². The van der Waals surface area contributed by atoms with Crippen LogP contribution in [0, 0.1) is 5.82 Å². The Morgan fingerprint density at radius 2 is 1.89 bits per heavy atom. The number of nitrogens with one attached hydrogen (secondary N) is 1. The second-order valence-electron chi connectivity index (χ2n) is 4.09. The lowest BCUT2D eigenvalue weighted by Gasteiger charge is -2.10. The summed E-state index contributed by atoms with van der Waals surface area (Å²) in [6, 6.07) is 12.5. The van der Waals surface area contributed by atoms with E-state index in [1.54, 1.807) is 17.8 Å². The second kappa shape index (κ2) is 6.94. The summed E-state index contributed by atoms with van der Waals surface area (Å²) in [6.07, 6.45) is 0. The summed E-state index contributed by atoms with van der Waals surface area (Å²) in [5.74, 6) is -0.201. The fourth-order valence-electron chi connectivity index (χ4n) is 1.68. The average molecular weight is 296 g/mol. The van der Waals surface area contributed by atoms with Crippen molar-refractivity contribution in [2.24, 2.45) is 0 Å². The molecule has 0 aromatic heterocycles. The maximum Gasteiger partial charge on any atom is 0.123 e. The predicted octanol–water partition coefficient (Wildman–Crippen LogP) is 4.74. The van der Waals surface area contributed by atoms with E-state index in [2.05, 4.69) is 5.32 Å². The number of hydrogen-bond acceptors (Lipinski definition) is 2. The lowest BCUT2D eigenvalue weighted by atomic mass is 10.2. The van der Waals surface area contributed by atoms with Crippen molar-refractivity contribution >= 4 is 23.4 Å². The van der Waals surface area contributed by atoms with Crippen LogP contribution in [0.1, 0.15) is 12.5 Å². The summed E-state index contributed by atoms with van der Waals surface area (Å²) in [4.78, 5) is 2.15. The Bertz CT molecular complexity index is 542. The van der Waals surface area contributed by atoms with Gasteiger partial charge in [0.25, 0.3) is 0 Å². The first-order valence-electron chi connectivity index (χ1n) is 6.11. The van der Waals surface area contributed by atoms with E-state index in [0.29, 0.717) is 6.54 Å². The molecule has 0 heterocycles. The van der Waals surface area contributed by atoms with Gasteiger partial charge >= 0.3 is 0 Å². The second-order valence-corrected chi connectivity index (χ2v) is 5.64. The van der Waals surface area contributed by atoms with E-state index in [1.807, 2.05) is 37.3 Å². The zero-order valence-electron chi connectivity index (χ0n) is 10.6. The average Bonchev–Trinajstić information content (AvgIpc) is 2.41. The highest BCUT2D eigenvalue weighted by molar-refractivity contribution is 7.99. The van der Waals surface area contributed by atoms with Crippen LogP contribution >= 0.6 is 23.4 Å².